The van der Waals surface area contributed by atoms with Crippen molar-refractivity contribution in [3.63, 3.8) is 0 Å². The Kier molecular flexibility index (Phi) is 11.8. The maximum absolute atomic E-state index is 13.5. The molecule has 0 radical (unpaired) electrons. The molecule has 228 valence electrons. The first-order chi connectivity index (χ1) is 19.8. The topological polar surface area (TPSA) is 107 Å². The van der Waals surface area contributed by atoms with Gasteiger partial charge in [0, 0.05) is 32.1 Å². The second-order valence-electron chi connectivity index (χ2n) is 11.5. The van der Waals surface area contributed by atoms with Crippen molar-refractivity contribution < 1.29 is 27.8 Å². The van der Waals surface area contributed by atoms with Gasteiger partial charge in [-0.2, -0.15) is 4.31 Å². The van der Waals surface area contributed by atoms with Crippen molar-refractivity contribution in [1.82, 2.24) is 9.62 Å². The lowest BCUT2D eigenvalue weighted by atomic mass is 9.95. The Bertz CT molecular complexity index is 1420. The van der Waals surface area contributed by atoms with Gasteiger partial charge >= 0.3 is 5.97 Å². The normalized spacial score (nSPS) is 12.9. The van der Waals surface area contributed by atoms with Gasteiger partial charge in [0.05, 0.1) is 11.0 Å². The maximum Gasteiger partial charge on any atom is 0.303 e. The van der Waals surface area contributed by atoms with Crippen molar-refractivity contribution in [2.24, 2.45) is 0 Å². The van der Waals surface area contributed by atoms with Crippen LogP contribution in [0.2, 0.25) is 0 Å². The molecule has 0 saturated heterocycles. The molecule has 0 aromatic heterocycles. The lowest BCUT2D eigenvalue weighted by Gasteiger charge is -2.29. The van der Waals surface area contributed by atoms with Crippen molar-refractivity contribution >= 4 is 16.0 Å². The lowest BCUT2D eigenvalue weighted by molar-refractivity contribution is -0.136. The van der Waals surface area contributed by atoms with Crippen LogP contribution >= 0.6 is 0 Å². The monoisotopic (exact) mass is 598 g/mol. The molecule has 0 bridgehead atoms. The van der Waals surface area contributed by atoms with Crippen LogP contribution in [-0.4, -0.2) is 60.7 Å². The van der Waals surface area contributed by atoms with Crippen LogP contribution in [0.1, 0.15) is 56.7 Å². The second kappa shape index (κ2) is 14.9. The zero-order valence-corrected chi connectivity index (χ0v) is 25.8. The number of benzene rings is 3. The van der Waals surface area contributed by atoms with E-state index in [4.69, 9.17) is 5.11 Å². The molecule has 1 atom stereocenters. The van der Waals surface area contributed by atoms with Crippen LogP contribution in [0.5, 0.6) is 0 Å². The summed E-state index contributed by atoms with van der Waals surface area (Å²) in [7, 11) is -2.35. The van der Waals surface area contributed by atoms with Crippen molar-refractivity contribution in [1.29, 1.82) is 0 Å². The number of sulfonamides is 1. The number of nitrogens with zero attached hydrogens (tertiary/aromatic N) is 1. The number of hydrogen-bond donors (Lipinski definition) is 3. The summed E-state index contributed by atoms with van der Waals surface area (Å²) >= 11 is 0. The van der Waals surface area contributed by atoms with Crippen LogP contribution in [-0.2, 0) is 34.1 Å². The third-order valence-corrected chi connectivity index (χ3v) is 9.43. The molecule has 3 aromatic carbocycles. The molecule has 0 unspecified atom stereocenters. The molecule has 9 heteroatoms. The van der Waals surface area contributed by atoms with Gasteiger partial charge in [-0.05, 0) is 98.0 Å². The Labute approximate surface area is 249 Å². The molecule has 0 heterocycles. The van der Waals surface area contributed by atoms with Crippen molar-refractivity contribution in [2.75, 3.05) is 20.1 Å². The number of aryl methyl sites for hydroxylation is 3. The van der Waals surface area contributed by atoms with Gasteiger partial charge in [0.25, 0.3) is 0 Å². The first-order valence-electron chi connectivity index (χ1n) is 14.4. The number of carbonyl (C=O) groups is 1. The van der Waals surface area contributed by atoms with E-state index in [2.05, 4.69) is 5.32 Å². The summed E-state index contributed by atoms with van der Waals surface area (Å²) in [4.78, 5) is 11.0. The van der Waals surface area contributed by atoms with Gasteiger partial charge in [0.1, 0.15) is 5.82 Å². The van der Waals surface area contributed by atoms with E-state index in [1.807, 2.05) is 51.1 Å². The largest absolute Gasteiger partial charge is 0.481 e. The minimum atomic E-state index is -3.84. The summed E-state index contributed by atoms with van der Waals surface area (Å²) in [5.41, 5.74) is 4.22. The number of nitrogens with one attached hydrogen (secondary N) is 1. The number of aliphatic carboxylic acids is 1. The fourth-order valence-corrected chi connectivity index (χ4v) is 6.38. The van der Waals surface area contributed by atoms with Gasteiger partial charge in [-0.15, -0.1) is 0 Å². The van der Waals surface area contributed by atoms with Gasteiger partial charge in [-0.3, -0.25) is 4.79 Å². The molecular formula is C33H43FN2O5S. The average Bonchev–Trinajstić information content (AvgIpc) is 2.96. The Morgan fingerprint density at radius 1 is 0.976 bits per heavy atom. The summed E-state index contributed by atoms with van der Waals surface area (Å²) in [6.07, 6.45) is 2.69. The molecule has 0 amide bonds. The van der Waals surface area contributed by atoms with Crippen LogP contribution < -0.4 is 5.32 Å². The number of carboxylic acid groups (broad SMARTS) is 1. The number of hydrogen-bond acceptors (Lipinski definition) is 5. The van der Waals surface area contributed by atoms with Gasteiger partial charge in [-0.1, -0.05) is 49.4 Å². The predicted octanol–water partition coefficient (Wildman–Crippen LogP) is 5.44. The van der Waals surface area contributed by atoms with Crippen LogP contribution in [0.3, 0.4) is 0 Å². The second-order valence-corrected chi connectivity index (χ2v) is 13.5. The third kappa shape index (κ3) is 9.73. The molecule has 0 spiro atoms. The van der Waals surface area contributed by atoms with E-state index < -0.39 is 22.1 Å². The minimum absolute atomic E-state index is 0.0519. The highest BCUT2D eigenvalue weighted by molar-refractivity contribution is 7.89. The molecule has 42 heavy (non-hydrogen) atoms. The number of carboxylic acids is 1. The Morgan fingerprint density at radius 2 is 1.57 bits per heavy atom. The van der Waals surface area contributed by atoms with E-state index in [0.717, 1.165) is 41.5 Å². The number of likely N-dealkylation sites (N-methyl/N-ethyl adjacent to an activating group) is 1. The predicted molar refractivity (Wildman–Crippen MR) is 164 cm³/mol. The zero-order chi connectivity index (χ0) is 30.9. The van der Waals surface area contributed by atoms with Crippen molar-refractivity contribution in [2.45, 2.75) is 75.8 Å². The van der Waals surface area contributed by atoms with Crippen LogP contribution in [0.25, 0.3) is 11.1 Å². The number of rotatable bonds is 16. The van der Waals surface area contributed by atoms with Crippen molar-refractivity contribution in [3.05, 3.63) is 89.2 Å². The average molecular weight is 599 g/mol. The van der Waals surface area contributed by atoms with Crippen LogP contribution in [0.4, 0.5) is 4.39 Å². The van der Waals surface area contributed by atoms with E-state index in [1.165, 1.54) is 23.5 Å². The molecule has 7 nitrogen and oxygen atoms in total. The van der Waals surface area contributed by atoms with E-state index in [0.29, 0.717) is 18.4 Å². The summed E-state index contributed by atoms with van der Waals surface area (Å²) in [5, 5.41) is 22.9. The molecule has 3 rings (SSSR count). The standard InChI is InChI=1S/C33H43FN2O5S/c1-5-26-21-28(27-13-8-25(9-14-27)12-19-32(38)39)15-18-31(26)42(40,41)36(4)23-30(37)22-35-33(2,3)20-6-7-24-10-16-29(34)17-11-24/h8-11,13-18,21,30,35,37H,5-7,12,19-20,22-23H2,1-4H3,(H,38,39)/t30-/m1/s1. The van der Waals surface area contributed by atoms with E-state index in [9.17, 15) is 22.7 Å². The minimum Gasteiger partial charge on any atom is -0.481 e. The van der Waals surface area contributed by atoms with Gasteiger partial charge < -0.3 is 15.5 Å². The number of aliphatic hydroxyl groups excluding tert-OH is 1. The van der Waals surface area contributed by atoms with Crippen LogP contribution in [0.15, 0.2) is 71.6 Å². The van der Waals surface area contributed by atoms with E-state index in [-0.39, 0.29) is 35.8 Å². The molecular weight excluding hydrogens is 555 g/mol. The van der Waals surface area contributed by atoms with Gasteiger partial charge in [0.15, 0.2) is 0 Å². The highest BCUT2D eigenvalue weighted by Crippen LogP contribution is 2.28. The fraction of sp³-hybridized carbons (Fsp3) is 0.424. The lowest BCUT2D eigenvalue weighted by Crippen LogP contribution is -2.46. The first-order valence-corrected chi connectivity index (χ1v) is 15.8. The summed E-state index contributed by atoms with van der Waals surface area (Å²) in [5.74, 6) is -1.08. The zero-order valence-electron chi connectivity index (χ0n) is 24.9. The quantitative estimate of drug-likeness (QED) is 0.203. The smallest absolute Gasteiger partial charge is 0.303 e. The first kappa shape index (κ1) is 33.4. The Balaban J connectivity index is 1.58. The third-order valence-electron chi connectivity index (χ3n) is 7.51. The number of halogens is 1. The maximum atomic E-state index is 13.5. The number of β-amino-alcohol motifs (C(OH)–C–C–N with tert-alkyl or cyclic N) is 1. The summed E-state index contributed by atoms with van der Waals surface area (Å²) < 4.78 is 41.3. The highest BCUT2D eigenvalue weighted by atomic mass is 32.2. The van der Waals surface area contributed by atoms with E-state index in [1.54, 1.807) is 24.3 Å². The Hall–Kier alpha value is -3.11. The van der Waals surface area contributed by atoms with E-state index >= 15 is 0 Å². The SMILES string of the molecule is CCc1cc(-c2ccc(CCC(=O)O)cc2)ccc1S(=O)(=O)N(C)C[C@H](O)CNC(C)(C)CCCc1ccc(F)cc1. The number of aliphatic hydroxyl groups is 1. The molecule has 3 aromatic rings. The van der Waals surface area contributed by atoms with Gasteiger partial charge in [-0.25, -0.2) is 12.8 Å². The molecule has 0 fully saturated rings. The summed E-state index contributed by atoms with van der Waals surface area (Å²) in [6.45, 7) is 6.19. The fourth-order valence-electron chi connectivity index (χ4n) is 4.90. The highest BCUT2D eigenvalue weighted by Gasteiger charge is 2.26. The Morgan fingerprint density at radius 3 is 2.19 bits per heavy atom. The van der Waals surface area contributed by atoms with Crippen molar-refractivity contribution in [3.8, 4) is 11.1 Å². The molecule has 0 saturated carbocycles. The molecule has 0 aliphatic heterocycles. The summed E-state index contributed by atoms with van der Waals surface area (Å²) in [6, 6.07) is 19.4. The molecule has 0 aliphatic rings. The van der Waals surface area contributed by atoms with Crippen LogP contribution in [0, 0.1) is 5.82 Å². The molecule has 0 aliphatic carbocycles. The van der Waals surface area contributed by atoms with Gasteiger partial charge in [0.2, 0.25) is 10.0 Å². The molecule has 3 N–H and O–H groups in total.